The lowest BCUT2D eigenvalue weighted by atomic mass is 10.2. The molecular formula is C14H14O5S. The predicted octanol–water partition coefficient (Wildman–Crippen LogP) is 2.23. The zero-order chi connectivity index (χ0) is 14.5. The molecular weight excluding hydrogens is 280 g/mol. The molecule has 1 aromatic carbocycles. The Morgan fingerprint density at radius 3 is 2.70 bits per heavy atom. The van der Waals surface area contributed by atoms with Crippen molar-refractivity contribution in [3.63, 3.8) is 0 Å². The Kier molecular flexibility index (Phi) is 4.68. The third kappa shape index (κ3) is 3.77. The molecule has 0 bridgehead atoms. The van der Waals surface area contributed by atoms with Gasteiger partial charge in [-0.3, -0.25) is 13.8 Å². The third-order valence-electron chi connectivity index (χ3n) is 2.76. The van der Waals surface area contributed by atoms with Gasteiger partial charge in [0.05, 0.1) is 5.75 Å². The fourth-order valence-electron chi connectivity index (χ4n) is 1.79. The molecule has 2 rings (SSSR count). The molecule has 0 fully saturated rings. The zero-order valence-electron chi connectivity index (χ0n) is 10.7. The summed E-state index contributed by atoms with van der Waals surface area (Å²) in [7, 11) is -1.36. The number of carbonyl (C=O) groups is 2. The van der Waals surface area contributed by atoms with E-state index < -0.39 is 16.8 Å². The topological polar surface area (TPSA) is 84.6 Å². The first-order valence-corrected chi connectivity index (χ1v) is 7.63. The van der Waals surface area contributed by atoms with Crippen molar-refractivity contribution in [2.45, 2.75) is 12.8 Å². The quantitative estimate of drug-likeness (QED) is 0.791. The van der Waals surface area contributed by atoms with Crippen LogP contribution in [0.15, 0.2) is 34.7 Å². The smallest absolute Gasteiger partial charge is 0.303 e. The van der Waals surface area contributed by atoms with Gasteiger partial charge in [-0.2, -0.15) is 0 Å². The molecule has 6 heteroatoms. The first kappa shape index (κ1) is 14.5. The summed E-state index contributed by atoms with van der Waals surface area (Å²) in [5.74, 6) is -0.990. The number of carbonyl (C=O) groups excluding carboxylic acids is 1. The Balaban J connectivity index is 1.94. The van der Waals surface area contributed by atoms with Crippen LogP contribution in [-0.2, 0) is 15.6 Å². The lowest BCUT2D eigenvalue weighted by Crippen LogP contribution is -2.13. The molecule has 2 aromatic rings. The minimum atomic E-state index is -1.36. The summed E-state index contributed by atoms with van der Waals surface area (Å²) in [6.07, 6.45) is 0.264. The molecule has 1 atom stereocenters. The summed E-state index contributed by atoms with van der Waals surface area (Å²) in [6.45, 7) is 0. The van der Waals surface area contributed by atoms with Crippen molar-refractivity contribution >= 4 is 33.5 Å². The van der Waals surface area contributed by atoms with E-state index in [9.17, 15) is 13.8 Å². The van der Waals surface area contributed by atoms with Crippen LogP contribution in [0.25, 0.3) is 11.0 Å². The van der Waals surface area contributed by atoms with Gasteiger partial charge in [0.15, 0.2) is 5.76 Å². The second kappa shape index (κ2) is 6.47. The Hall–Kier alpha value is -1.95. The maximum absolute atomic E-state index is 11.9. The molecule has 0 amide bonds. The number of hydrogen-bond donors (Lipinski definition) is 1. The number of carboxylic acid groups (broad SMARTS) is 1. The molecule has 0 spiro atoms. The van der Waals surface area contributed by atoms with Gasteiger partial charge in [-0.15, -0.1) is 0 Å². The first-order chi connectivity index (χ1) is 9.56. The Morgan fingerprint density at radius 1 is 1.25 bits per heavy atom. The van der Waals surface area contributed by atoms with E-state index in [2.05, 4.69) is 0 Å². The molecule has 0 aliphatic heterocycles. The summed E-state index contributed by atoms with van der Waals surface area (Å²) >= 11 is 0. The fourth-order valence-corrected chi connectivity index (χ4v) is 2.84. The number of carboxylic acids is 1. The molecule has 0 radical (unpaired) electrons. The highest BCUT2D eigenvalue weighted by Crippen LogP contribution is 2.19. The van der Waals surface area contributed by atoms with E-state index in [1.54, 1.807) is 12.1 Å². The maximum atomic E-state index is 11.9. The normalized spacial score (nSPS) is 12.4. The van der Waals surface area contributed by atoms with E-state index in [4.69, 9.17) is 9.52 Å². The van der Waals surface area contributed by atoms with E-state index in [0.29, 0.717) is 12.0 Å². The largest absolute Gasteiger partial charge is 0.481 e. The standard InChI is InChI=1S/C14H14O5S/c15-11(9-20(18)7-3-6-14(16)17)13-8-10-4-1-2-5-12(10)19-13/h1-2,4-5,8H,3,6-7,9H2,(H,16,17). The van der Waals surface area contributed by atoms with E-state index >= 15 is 0 Å². The average Bonchev–Trinajstić information content (AvgIpc) is 2.82. The number of benzene rings is 1. The van der Waals surface area contributed by atoms with E-state index in [1.165, 1.54) is 0 Å². The highest BCUT2D eigenvalue weighted by atomic mass is 32.2. The van der Waals surface area contributed by atoms with Gasteiger partial charge >= 0.3 is 5.97 Å². The number of aliphatic carboxylic acids is 1. The van der Waals surface area contributed by atoms with E-state index in [1.807, 2.05) is 18.2 Å². The second-order valence-electron chi connectivity index (χ2n) is 4.36. The minimum absolute atomic E-state index is 0.0371. The summed E-state index contributed by atoms with van der Waals surface area (Å²) in [4.78, 5) is 22.3. The highest BCUT2D eigenvalue weighted by Gasteiger charge is 2.15. The molecule has 5 nitrogen and oxygen atoms in total. The summed E-state index contributed by atoms with van der Waals surface area (Å²) in [5, 5.41) is 9.31. The van der Waals surface area contributed by atoms with Crippen LogP contribution in [0.3, 0.4) is 0 Å². The van der Waals surface area contributed by atoms with Gasteiger partial charge in [-0.05, 0) is 18.6 Å². The number of para-hydroxylation sites is 1. The maximum Gasteiger partial charge on any atom is 0.303 e. The van der Waals surface area contributed by atoms with Crippen molar-refractivity contribution in [3.8, 4) is 0 Å². The van der Waals surface area contributed by atoms with Crippen LogP contribution in [0.5, 0.6) is 0 Å². The van der Waals surface area contributed by atoms with Crippen LogP contribution in [0.4, 0.5) is 0 Å². The first-order valence-electron chi connectivity index (χ1n) is 6.15. The van der Waals surface area contributed by atoms with Crippen LogP contribution in [-0.4, -0.2) is 32.6 Å². The predicted molar refractivity (Wildman–Crippen MR) is 75.3 cm³/mol. The summed E-state index contributed by atoms with van der Waals surface area (Å²) in [6, 6.07) is 8.88. The fraction of sp³-hybridized carbons (Fsp3) is 0.286. The molecule has 20 heavy (non-hydrogen) atoms. The third-order valence-corrected chi connectivity index (χ3v) is 4.08. The average molecular weight is 294 g/mol. The van der Waals surface area contributed by atoms with E-state index in [0.717, 1.165) is 5.39 Å². The number of Topliss-reactive ketones (excluding diaryl/α,β-unsaturated/α-hetero) is 1. The van der Waals surface area contributed by atoms with Crippen molar-refractivity contribution in [2.75, 3.05) is 11.5 Å². The van der Waals surface area contributed by atoms with Crippen LogP contribution >= 0.6 is 0 Å². The molecule has 1 aromatic heterocycles. The van der Waals surface area contributed by atoms with Gasteiger partial charge < -0.3 is 9.52 Å². The highest BCUT2D eigenvalue weighted by molar-refractivity contribution is 7.85. The molecule has 106 valence electrons. The number of hydrogen-bond acceptors (Lipinski definition) is 4. The van der Waals surface area contributed by atoms with Crippen LogP contribution < -0.4 is 0 Å². The SMILES string of the molecule is O=C(O)CCCS(=O)CC(=O)c1cc2ccccc2o1. The molecule has 0 aliphatic carbocycles. The Morgan fingerprint density at radius 2 is 2.00 bits per heavy atom. The molecule has 1 unspecified atom stereocenters. The number of fused-ring (bicyclic) bond motifs is 1. The Bertz CT molecular complexity index is 625. The lowest BCUT2D eigenvalue weighted by Gasteiger charge is -1.98. The monoisotopic (exact) mass is 294 g/mol. The van der Waals surface area contributed by atoms with Crippen LogP contribution in [0.1, 0.15) is 23.4 Å². The number of furan rings is 1. The summed E-state index contributed by atoms with van der Waals surface area (Å²) < 4.78 is 17.1. The van der Waals surface area contributed by atoms with Gasteiger partial charge in [-0.25, -0.2) is 0 Å². The van der Waals surface area contributed by atoms with Crippen molar-refractivity contribution in [2.24, 2.45) is 0 Å². The second-order valence-corrected chi connectivity index (χ2v) is 5.93. The molecule has 1 N–H and O–H groups in total. The van der Waals surface area contributed by atoms with Gasteiger partial charge in [0, 0.05) is 28.4 Å². The lowest BCUT2D eigenvalue weighted by molar-refractivity contribution is -0.137. The van der Waals surface area contributed by atoms with Gasteiger partial charge in [0.2, 0.25) is 5.78 Å². The molecule has 1 heterocycles. The van der Waals surface area contributed by atoms with E-state index in [-0.39, 0.29) is 29.5 Å². The van der Waals surface area contributed by atoms with Crippen molar-refractivity contribution < 1.29 is 23.3 Å². The van der Waals surface area contributed by atoms with Crippen molar-refractivity contribution in [1.82, 2.24) is 0 Å². The zero-order valence-corrected chi connectivity index (χ0v) is 11.5. The molecule has 0 saturated carbocycles. The van der Waals surface area contributed by atoms with Crippen LogP contribution in [0.2, 0.25) is 0 Å². The molecule has 0 saturated heterocycles. The number of ketones is 1. The summed E-state index contributed by atoms with van der Waals surface area (Å²) in [5.41, 5.74) is 0.618. The molecule has 0 aliphatic rings. The Labute approximate surface area is 118 Å². The minimum Gasteiger partial charge on any atom is -0.481 e. The van der Waals surface area contributed by atoms with Gasteiger partial charge in [-0.1, -0.05) is 18.2 Å². The van der Waals surface area contributed by atoms with Gasteiger partial charge in [0.25, 0.3) is 0 Å². The number of rotatable bonds is 7. The van der Waals surface area contributed by atoms with Crippen molar-refractivity contribution in [3.05, 3.63) is 36.1 Å². The van der Waals surface area contributed by atoms with Crippen LogP contribution in [0, 0.1) is 0 Å². The van der Waals surface area contributed by atoms with Gasteiger partial charge in [0.1, 0.15) is 5.58 Å². The van der Waals surface area contributed by atoms with Crippen molar-refractivity contribution in [1.29, 1.82) is 0 Å².